The second-order valence-corrected chi connectivity index (χ2v) is 4.09. The molecule has 14 heavy (non-hydrogen) atoms. The van der Waals surface area contributed by atoms with Crippen LogP contribution in [0.2, 0.25) is 0 Å². The molecule has 3 nitrogen and oxygen atoms in total. The van der Waals surface area contributed by atoms with E-state index in [2.05, 4.69) is 23.3 Å². The molecule has 3 heteroatoms. The van der Waals surface area contributed by atoms with Crippen LogP contribution in [0, 0.1) is 0 Å². The molecule has 0 spiro atoms. The van der Waals surface area contributed by atoms with E-state index in [0.717, 1.165) is 25.2 Å². The Morgan fingerprint density at radius 1 is 1.57 bits per heavy atom. The molecule has 1 aliphatic heterocycles. The molecule has 2 atom stereocenters. The molecule has 2 unspecified atom stereocenters. The van der Waals surface area contributed by atoms with Crippen LogP contribution < -0.4 is 11.1 Å². The average Bonchev–Trinajstić information content (AvgIpc) is 2.69. The van der Waals surface area contributed by atoms with Crippen molar-refractivity contribution in [1.82, 2.24) is 10.3 Å². The van der Waals surface area contributed by atoms with Gasteiger partial charge in [0, 0.05) is 29.9 Å². The molecular weight excluding hydrogens is 174 g/mol. The van der Waals surface area contributed by atoms with E-state index in [1.807, 2.05) is 18.3 Å². The molecule has 1 aromatic heterocycles. The Morgan fingerprint density at radius 3 is 2.93 bits per heavy atom. The smallest absolute Gasteiger partial charge is 0.0494 e. The number of nitrogens with zero attached hydrogens (tertiary/aromatic N) is 1. The van der Waals surface area contributed by atoms with Crippen molar-refractivity contribution in [1.29, 1.82) is 0 Å². The Hall–Kier alpha value is -0.930. The van der Waals surface area contributed by atoms with Gasteiger partial charge in [-0.05, 0) is 32.0 Å². The van der Waals surface area contributed by atoms with E-state index in [4.69, 9.17) is 5.73 Å². The van der Waals surface area contributed by atoms with Gasteiger partial charge in [0.05, 0.1) is 0 Å². The van der Waals surface area contributed by atoms with Crippen molar-refractivity contribution < 1.29 is 0 Å². The number of nitrogens with two attached hydrogens (primary N) is 1. The molecule has 1 saturated heterocycles. The number of pyridine rings is 1. The zero-order valence-corrected chi connectivity index (χ0v) is 8.53. The number of rotatable bonds is 2. The highest BCUT2D eigenvalue weighted by Gasteiger charge is 2.40. The fourth-order valence-corrected chi connectivity index (χ4v) is 2.21. The maximum absolute atomic E-state index is 6.08. The largest absolute Gasteiger partial charge is 0.327 e. The van der Waals surface area contributed by atoms with E-state index in [1.165, 1.54) is 0 Å². The molecule has 0 saturated carbocycles. The second-order valence-electron chi connectivity index (χ2n) is 4.09. The van der Waals surface area contributed by atoms with Crippen molar-refractivity contribution >= 4 is 0 Å². The third-order valence-electron chi connectivity index (χ3n) is 3.23. The maximum atomic E-state index is 6.08. The topological polar surface area (TPSA) is 50.9 Å². The second kappa shape index (κ2) is 3.67. The molecule has 0 aromatic carbocycles. The third-order valence-corrected chi connectivity index (χ3v) is 3.23. The summed E-state index contributed by atoms with van der Waals surface area (Å²) in [5.41, 5.74) is 7.25. The lowest BCUT2D eigenvalue weighted by Crippen LogP contribution is -2.45. The molecule has 0 radical (unpaired) electrons. The first-order chi connectivity index (χ1) is 6.76. The minimum Gasteiger partial charge on any atom is -0.327 e. The highest BCUT2D eigenvalue weighted by atomic mass is 15.0. The van der Waals surface area contributed by atoms with E-state index in [9.17, 15) is 0 Å². The van der Waals surface area contributed by atoms with Crippen LogP contribution >= 0.6 is 0 Å². The third kappa shape index (κ3) is 1.42. The Bertz CT molecular complexity index is 289. The molecule has 76 valence electrons. The van der Waals surface area contributed by atoms with Gasteiger partial charge in [-0.15, -0.1) is 0 Å². The van der Waals surface area contributed by atoms with E-state index >= 15 is 0 Å². The summed E-state index contributed by atoms with van der Waals surface area (Å²) in [6.45, 7) is 4.06. The molecule has 1 fully saturated rings. The van der Waals surface area contributed by atoms with E-state index < -0.39 is 0 Å². The van der Waals surface area contributed by atoms with Gasteiger partial charge in [0.25, 0.3) is 0 Å². The summed E-state index contributed by atoms with van der Waals surface area (Å²) in [5.74, 6) is 0. The predicted molar refractivity (Wildman–Crippen MR) is 57.1 cm³/mol. The van der Waals surface area contributed by atoms with Gasteiger partial charge >= 0.3 is 0 Å². The zero-order chi connectivity index (χ0) is 10.0. The molecule has 0 amide bonds. The first kappa shape index (κ1) is 9.62. The molecule has 3 N–H and O–H groups in total. The first-order valence-electron chi connectivity index (χ1n) is 5.13. The van der Waals surface area contributed by atoms with Crippen molar-refractivity contribution in [3.8, 4) is 0 Å². The van der Waals surface area contributed by atoms with Gasteiger partial charge in [0.15, 0.2) is 0 Å². The first-order valence-corrected chi connectivity index (χ1v) is 5.13. The van der Waals surface area contributed by atoms with Crippen molar-refractivity contribution in [2.75, 3.05) is 13.1 Å². The molecular formula is C11H17N3. The summed E-state index contributed by atoms with van der Waals surface area (Å²) in [5, 5.41) is 3.37. The Balaban J connectivity index is 2.36. The van der Waals surface area contributed by atoms with E-state index in [0.29, 0.717) is 0 Å². The van der Waals surface area contributed by atoms with Crippen LogP contribution in [0.1, 0.15) is 19.0 Å². The van der Waals surface area contributed by atoms with E-state index in [1.54, 1.807) is 0 Å². The van der Waals surface area contributed by atoms with Crippen molar-refractivity contribution in [3.05, 3.63) is 30.1 Å². The SMILES string of the molecule is CC(N)C1(c2ccccn2)CCNC1. The van der Waals surface area contributed by atoms with Crippen molar-refractivity contribution in [3.63, 3.8) is 0 Å². The van der Waals surface area contributed by atoms with Crippen LogP contribution in [-0.4, -0.2) is 24.1 Å². The van der Waals surface area contributed by atoms with Crippen molar-refractivity contribution in [2.45, 2.75) is 24.8 Å². The minimum atomic E-state index is 0.0429. The monoisotopic (exact) mass is 191 g/mol. The lowest BCUT2D eigenvalue weighted by molar-refractivity contribution is 0.382. The van der Waals surface area contributed by atoms with Crippen LogP contribution in [0.5, 0.6) is 0 Å². The Labute approximate surface area is 84.7 Å². The maximum Gasteiger partial charge on any atom is 0.0494 e. The predicted octanol–water partition coefficient (Wildman–Crippen LogP) is 0.660. The van der Waals surface area contributed by atoms with Crippen LogP contribution in [0.15, 0.2) is 24.4 Å². The summed E-state index contributed by atoms with van der Waals surface area (Å²) in [6.07, 6.45) is 2.93. The fourth-order valence-electron chi connectivity index (χ4n) is 2.21. The summed E-state index contributed by atoms with van der Waals surface area (Å²) >= 11 is 0. The minimum absolute atomic E-state index is 0.0429. The standard InChI is InChI=1S/C11H17N3/c1-9(12)11(5-7-13-8-11)10-4-2-3-6-14-10/h2-4,6,9,13H,5,7-8,12H2,1H3. The molecule has 1 aliphatic rings. The molecule has 0 aliphatic carbocycles. The molecule has 2 heterocycles. The lowest BCUT2D eigenvalue weighted by atomic mass is 9.77. The summed E-state index contributed by atoms with van der Waals surface area (Å²) in [7, 11) is 0. The van der Waals surface area contributed by atoms with E-state index in [-0.39, 0.29) is 11.5 Å². The van der Waals surface area contributed by atoms with Gasteiger partial charge in [-0.1, -0.05) is 6.07 Å². The van der Waals surface area contributed by atoms with Gasteiger partial charge in [-0.25, -0.2) is 0 Å². The summed E-state index contributed by atoms with van der Waals surface area (Å²) in [6, 6.07) is 6.20. The Kier molecular flexibility index (Phi) is 2.52. The highest BCUT2D eigenvalue weighted by molar-refractivity contribution is 5.22. The molecule has 2 rings (SSSR count). The normalized spacial score (nSPS) is 29.0. The molecule has 1 aromatic rings. The highest BCUT2D eigenvalue weighted by Crippen LogP contribution is 2.31. The number of hydrogen-bond acceptors (Lipinski definition) is 3. The van der Waals surface area contributed by atoms with Crippen LogP contribution in [0.3, 0.4) is 0 Å². The van der Waals surface area contributed by atoms with Gasteiger partial charge in [-0.2, -0.15) is 0 Å². The average molecular weight is 191 g/mol. The van der Waals surface area contributed by atoms with Crippen LogP contribution in [0.4, 0.5) is 0 Å². The van der Waals surface area contributed by atoms with Gasteiger partial charge in [0.2, 0.25) is 0 Å². The zero-order valence-electron chi connectivity index (χ0n) is 8.53. The van der Waals surface area contributed by atoms with Gasteiger partial charge in [-0.3, -0.25) is 4.98 Å². The van der Waals surface area contributed by atoms with Gasteiger partial charge in [0.1, 0.15) is 0 Å². The quantitative estimate of drug-likeness (QED) is 0.722. The Morgan fingerprint density at radius 2 is 2.43 bits per heavy atom. The van der Waals surface area contributed by atoms with Crippen LogP contribution in [0.25, 0.3) is 0 Å². The fraction of sp³-hybridized carbons (Fsp3) is 0.545. The lowest BCUT2D eigenvalue weighted by Gasteiger charge is -2.31. The van der Waals surface area contributed by atoms with Crippen LogP contribution in [-0.2, 0) is 5.41 Å². The summed E-state index contributed by atoms with van der Waals surface area (Å²) < 4.78 is 0. The van der Waals surface area contributed by atoms with Gasteiger partial charge < -0.3 is 11.1 Å². The summed E-state index contributed by atoms with van der Waals surface area (Å²) in [4.78, 5) is 4.43. The number of aromatic nitrogens is 1. The molecule has 0 bridgehead atoms. The number of nitrogens with one attached hydrogen (secondary N) is 1. The van der Waals surface area contributed by atoms with Crippen molar-refractivity contribution in [2.24, 2.45) is 5.73 Å². The number of hydrogen-bond donors (Lipinski definition) is 2.